The Kier molecular flexibility index (Phi) is 7.58. The zero-order valence-corrected chi connectivity index (χ0v) is 21.1. The molecule has 0 saturated carbocycles. The number of hydrogen-bond acceptors (Lipinski definition) is 7. The molecule has 1 aliphatic heterocycles. The van der Waals surface area contributed by atoms with Gasteiger partial charge in [-0.25, -0.2) is 9.97 Å². The molecule has 1 aliphatic rings. The van der Waals surface area contributed by atoms with E-state index in [1.807, 2.05) is 31.3 Å². The van der Waals surface area contributed by atoms with E-state index >= 15 is 0 Å². The SMILES string of the molecule is CN(Cc1ccccc1)c1cc(C(C)(C)C)nc(SCc2ccc(C(=O)N3CCOCC3)o2)n1. The molecule has 1 amide bonds. The summed E-state index contributed by atoms with van der Waals surface area (Å²) in [5.74, 6) is 2.44. The third-order valence-electron chi connectivity index (χ3n) is 5.63. The number of aromatic nitrogens is 2. The van der Waals surface area contributed by atoms with Crippen LogP contribution in [-0.4, -0.2) is 54.1 Å². The minimum Gasteiger partial charge on any atom is -0.455 e. The summed E-state index contributed by atoms with van der Waals surface area (Å²) in [7, 11) is 2.05. The molecule has 0 bridgehead atoms. The molecule has 4 rings (SSSR count). The number of furan rings is 1. The van der Waals surface area contributed by atoms with Gasteiger partial charge >= 0.3 is 0 Å². The molecule has 34 heavy (non-hydrogen) atoms. The lowest BCUT2D eigenvalue weighted by atomic mass is 9.92. The molecule has 2 aromatic heterocycles. The Labute approximate surface area is 205 Å². The third-order valence-corrected chi connectivity index (χ3v) is 6.50. The number of benzene rings is 1. The van der Waals surface area contributed by atoms with Crippen LogP contribution in [0.2, 0.25) is 0 Å². The van der Waals surface area contributed by atoms with E-state index in [4.69, 9.17) is 19.1 Å². The Balaban J connectivity index is 1.47. The Morgan fingerprint density at radius 1 is 1.09 bits per heavy atom. The lowest BCUT2D eigenvalue weighted by Crippen LogP contribution is -2.40. The predicted molar refractivity (Wildman–Crippen MR) is 134 cm³/mol. The molecule has 0 unspecified atom stereocenters. The maximum absolute atomic E-state index is 12.7. The van der Waals surface area contributed by atoms with Crippen molar-refractivity contribution in [2.45, 2.75) is 43.6 Å². The lowest BCUT2D eigenvalue weighted by Gasteiger charge is -2.25. The number of anilines is 1. The van der Waals surface area contributed by atoms with Crippen molar-refractivity contribution in [1.82, 2.24) is 14.9 Å². The van der Waals surface area contributed by atoms with E-state index in [1.54, 1.807) is 11.0 Å². The maximum Gasteiger partial charge on any atom is 0.289 e. The van der Waals surface area contributed by atoms with Crippen LogP contribution in [0, 0.1) is 0 Å². The Morgan fingerprint density at radius 2 is 1.82 bits per heavy atom. The zero-order valence-electron chi connectivity index (χ0n) is 20.3. The van der Waals surface area contributed by atoms with Crippen molar-refractivity contribution in [2.24, 2.45) is 0 Å². The summed E-state index contributed by atoms with van der Waals surface area (Å²) in [6.07, 6.45) is 0. The number of ether oxygens (including phenoxy) is 1. The van der Waals surface area contributed by atoms with Gasteiger partial charge in [0.2, 0.25) is 0 Å². The van der Waals surface area contributed by atoms with Crippen molar-refractivity contribution in [2.75, 3.05) is 38.3 Å². The Bertz CT molecular complexity index is 1100. The number of amides is 1. The second-order valence-corrected chi connectivity index (χ2v) is 10.4. The van der Waals surface area contributed by atoms with Gasteiger partial charge in [-0.05, 0) is 17.7 Å². The summed E-state index contributed by atoms with van der Waals surface area (Å²) in [5, 5.41) is 0.694. The van der Waals surface area contributed by atoms with Gasteiger partial charge < -0.3 is 19.0 Å². The average molecular weight is 481 g/mol. The van der Waals surface area contributed by atoms with Gasteiger partial charge in [0, 0.05) is 38.2 Å². The van der Waals surface area contributed by atoms with Crippen molar-refractivity contribution < 1.29 is 13.9 Å². The highest BCUT2D eigenvalue weighted by atomic mass is 32.2. The van der Waals surface area contributed by atoms with E-state index in [9.17, 15) is 4.79 Å². The molecule has 1 aromatic carbocycles. The summed E-state index contributed by atoms with van der Waals surface area (Å²) in [5.41, 5.74) is 2.11. The van der Waals surface area contributed by atoms with Gasteiger partial charge in [0.15, 0.2) is 10.9 Å². The molecule has 3 aromatic rings. The summed E-state index contributed by atoms with van der Waals surface area (Å²) in [6, 6.07) is 16.0. The van der Waals surface area contributed by atoms with Gasteiger partial charge in [0.05, 0.1) is 24.7 Å². The van der Waals surface area contributed by atoms with Gasteiger partial charge in [-0.3, -0.25) is 4.79 Å². The fraction of sp³-hybridized carbons (Fsp3) is 0.423. The number of nitrogens with zero attached hydrogens (tertiary/aromatic N) is 4. The summed E-state index contributed by atoms with van der Waals surface area (Å²) in [6.45, 7) is 9.54. The Hall–Kier alpha value is -2.84. The van der Waals surface area contributed by atoms with E-state index in [0.29, 0.717) is 43.0 Å². The molecule has 8 heteroatoms. The average Bonchev–Trinajstić information content (AvgIpc) is 3.32. The first-order valence-electron chi connectivity index (χ1n) is 11.5. The molecule has 0 atom stereocenters. The highest BCUT2D eigenvalue weighted by Gasteiger charge is 2.22. The minimum absolute atomic E-state index is 0.0876. The molecule has 0 radical (unpaired) electrons. The maximum atomic E-state index is 12.7. The summed E-state index contributed by atoms with van der Waals surface area (Å²) < 4.78 is 11.2. The van der Waals surface area contributed by atoms with Gasteiger partial charge in [-0.1, -0.05) is 62.9 Å². The minimum atomic E-state index is -0.108. The van der Waals surface area contributed by atoms with Crippen molar-refractivity contribution in [1.29, 1.82) is 0 Å². The first-order valence-corrected chi connectivity index (χ1v) is 12.5. The molecule has 0 aliphatic carbocycles. The first kappa shape index (κ1) is 24.3. The topological polar surface area (TPSA) is 71.7 Å². The standard InChI is InChI=1S/C26H32N4O3S/c1-26(2,3)22-16-23(29(4)17-19-8-6-5-7-9-19)28-25(27-22)34-18-20-10-11-21(33-20)24(31)30-12-14-32-15-13-30/h5-11,16H,12-15,17-18H2,1-4H3. The molecule has 1 saturated heterocycles. The number of carbonyl (C=O) groups is 1. The van der Waals surface area contributed by atoms with Gasteiger partial charge in [0.25, 0.3) is 5.91 Å². The molecule has 0 spiro atoms. The molecular formula is C26H32N4O3S. The van der Waals surface area contributed by atoms with E-state index in [0.717, 1.165) is 23.8 Å². The van der Waals surface area contributed by atoms with Crippen LogP contribution in [0.3, 0.4) is 0 Å². The lowest BCUT2D eigenvalue weighted by molar-refractivity contribution is 0.0282. The van der Waals surface area contributed by atoms with Gasteiger partial charge in [-0.2, -0.15) is 0 Å². The highest BCUT2D eigenvalue weighted by molar-refractivity contribution is 7.98. The number of carbonyl (C=O) groups excluding carboxylic acids is 1. The Morgan fingerprint density at radius 3 is 2.53 bits per heavy atom. The monoisotopic (exact) mass is 480 g/mol. The number of morpholine rings is 1. The van der Waals surface area contributed by atoms with Gasteiger partial charge in [0.1, 0.15) is 11.6 Å². The number of rotatable bonds is 7. The third kappa shape index (κ3) is 6.18. The van der Waals surface area contributed by atoms with Crippen LogP contribution in [0.1, 0.15) is 48.3 Å². The van der Waals surface area contributed by atoms with Crippen LogP contribution in [-0.2, 0) is 22.4 Å². The second-order valence-electron chi connectivity index (χ2n) is 9.44. The summed E-state index contributed by atoms with van der Waals surface area (Å²) >= 11 is 1.51. The fourth-order valence-corrected chi connectivity index (χ4v) is 4.37. The van der Waals surface area contributed by atoms with Crippen molar-refractivity contribution in [3.63, 3.8) is 0 Å². The molecule has 1 fully saturated rings. The van der Waals surface area contributed by atoms with Crippen molar-refractivity contribution >= 4 is 23.5 Å². The molecule has 180 valence electrons. The zero-order chi connectivity index (χ0) is 24.1. The van der Waals surface area contributed by atoms with Crippen LogP contribution in [0.15, 0.2) is 58.1 Å². The van der Waals surface area contributed by atoms with E-state index in [2.05, 4.69) is 43.9 Å². The number of thioether (sulfide) groups is 1. The van der Waals surface area contributed by atoms with Crippen molar-refractivity contribution in [3.05, 3.63) is 71.3 Å². The molecule has 0 N–H and O–H groups in total. The van der Waals surface area contributed by atoms with Crippen molar-refractivity contribution in [3.8, 4) is 0 Å². The van der Waals surface area contributed by atoms with Crippen LogP contribution >= 0.6 is 11.8 Å². The molecular weight excluding hydrogens is 448 g/mol. The second kappa shape index (κ2) is 10.6. The summed E-state index contributed by atoms with van der Waals surface area (Å²) in [4.78, 5) is 26.2. The quantitative estimate of drug-likeness (QED) is 0.356. The van der Waals surface area contributed by atoms with E-state index in [-0.39, 0.29) is 11.3 Å². The molecule has 7 nitrogen and oxygen atoms in total. The van der Waals surface area contributed by atoms with Crippen LogP contribution in [0.4, 0.5) is 5.82 Å². The van der Waals surface area contributed by atoms with E-state index < -0.39 is 0 Å². The largest absolute Gasteiger partial charge is 0.455 e. The van der Waals surface area contributed by atoms with Crippen LogP contribution < -0.4 is 4.90 Å². The fourth-order valence-electron chi connectivity index (χ4n) is 3.62. The van der Waals surface area contributed by atoms with Crippen LogP contribution in [0.5, 0.6) is 0 Å². The first-order chi connectivity index (χ1) is 16.3. The number of hydrogen-bond donors (Lipinski definition) is 0. The molecule has 3 heterocycles. The normalized spacial score (nSPS) is 14.3. The smallest absolute Gasteiger partial charge is 0.289 e. The van der Waals surface area contributed by atoms with Crippen LogP contribution in [0.25, 0.3) is 0 Å². The van der Waals surface area contributed by atoms with Gasteiger partial charge in [-0.15, -0.1) is 0 Å². The predicted octanol–water partition coefficient (Wildman–Crippen LogP) is 4.77. The highest BCUT2D eigenvalue weighted by Crippen LogP contribution is 2.29. The van der Waals surface area contributed by atoms with E-state index in [1.165, 1.54) is 17.3 Å².